The zero-order chi connectivity index (χ0) is 24.2. The molecule has 0 saturated heterocycles. The molecule has 2 aromatic carbocycles. The van der Waals surface area contributed by atoms with Crippen LogP contribution >= 0.6 is 11.3 Å². The van der Waals surface area contributed by atoms with Crippen molar-refractivity contribution in [2.45, 2.75) is 25.3 Å². The molecule has 0 radical (unpaired) electrons. The quantitative estimate of drug-likeness (QED) is 0.326. The summed E-state index contributed by atoms with van der Waals surface area (Å²) >= 11 is 1.02. The number of thiophene rings is 1. The number of anilines is 1. The van der Waals surface area contributed by atoms with Crippen molar-refractivity contribution in [1.82, 2.24) is 10.6 Å². The molecule has 34 heavy (non-hydrogen) atoms. The number of nitrogens with one attached hydrogen (secondary N) is 3. The average molecular weight is 482 g/mol. The van der Waals surface area contributed by atoms with Crippen molar-refractivity contribution in [2.75, 3.05) is 18.4 Å². The number of fused-ring (bicyclic) bond motifs is 2. The number of rotatable bonds is 7. The third kappa shape index (κ3) is 5.08. The molecule has 0 fully saturated rings. The number of carbonyl (C=O) groups is 4. The lowest BCUT2D eigenvalue weighted by Crippen LogP contribution is -2.38. The number of benzene rings is 2. The summed E-state index contributed by atoms with van der Waals surface area (Å²) in [4.78, 5) is 47.4. The molecule has 2 heterocycles. The van der Waals surface area contributed by atoms with Crippen LogP contribution in [0.25, 0.3) is 10.8 Å². The van der Waals surface area contributed by atoms with E-state index in [-0.39, 0.29) is 29.1 Å². The minimum absolute atomic E-state index is 0.0127. The molecule has 1 unspecified atom stereocenters. The van der Waals surface area contributed by atoms with Crippen molar-refractivity contribution in [2.24, 2.45) is 0 Å². The summed E-state index contributed by atoms with van der Waals surface area (Å²) in [6.07, 6.45) is 1.32. The number of aromatic carboxylic acids is 1. The molecule has 1 aliphatic rings. The van der Waals surface area contributed by atoms with Gasteiger partial charge in [-0.15, -0.1) is 11.3 Å². The molecule has 176 valence electrons. The van der Waals surface area contributed by atoms with E-state index in [0.29, 0.717) is 36.2 Å². The van der Waals surface area contributed by atoms with Crippen molar-refractivity contribution in [3.63, 3.8) is 0 Å². The van der Waals surface area contributed by atoms with Gasteiger partial charge in [0.1, 0.15) is 5.00 Å². The Balaban J connectivity index is 1.40. The van der Waals surface area contributed by atoms with Gasteiger partial charge in [0.15, 0.2) is 0 Å². The zero-order valence-electron chi connectivity index (χ0n) is 18.1. The molecule has 1 aromatic heterocycles. The summed E-state index contributed by atoms with van der Waals surface area (Å²) in [6.45, 7) is 0.739. The number of aliphatic carboxylic acids is 1. The largest absolute Gasteiger partial charge is 0.478 e. The van der Waals surface area contributed by atoms with Crippen LogP contribution in [0.1, 0.15) is 38.8 Å². The minimum atomic E-state index is -1.70. The molecule has 5 N–H and O–H groups in total. The van der Waals surface area contributed by atoms with Crippen molar-refractivity contribution >= 4 is 50.9 Å². The number of carboxylic acids is 2. The second kappa shape index (κ2) is 10.0. The maximum atomic E-state index is 12.5. The highest BCUT2D eigenvalue weighted by molar-refractivity contribution is 7.17. The smallest absolute Gasteiger partial charge is 0.394 e. The normalized spacial score (nSPS) is 14.9. The van der Waals surface area contributed by atoms with E-state index in [4.69, 9.17) is 5.11 Å². The van der Waals surface area contributed by atoms with E-state index < -0.39 is 17.8 Å². The van der Waals surface area contributed by atoms with Crippen LogP contribution in [0, 0.1) is 0 Å². The van der Waals surface area contributed by atoms with Crippen molar-refractivity contribution in [3.05, 3.63) is 64.0 Å². The number of amides is 2. The van der Waals surface area contributed by atoms with Gasteiger partial charge >= 0.3 is 17.8 Å². The highest BCUT2D eigenvalue weighted by atomic mass is 32.1. The average Bonchev–Trinajstić information content (AvgIpc) is 3.19. The summed E-state index contributed by atoms with van der Waals surface area (Å²) < 4.78 is 0. The van der Waals surface area contributed by atoms with Crippen LogP contribution in [0.5, 0.6) is 0 Å². The molecule has 0 spiro atoms. The Kier molecular flexibility index (Phi) is 6.90. The molecular formula is C24H23N3O6S. The lowest BCUT2D eigenvalue weighted by Gasteiger charge is -2.24. The first-order valence-electron chi connectivity index (χ1n) is 10.7. The standard InChI is InChI=1S/C24H23N3O6S/c28-18(8-6-13-5-7-14-3-1-2-4-15(14)11-13)26-12-17-20-16(9-10-25-17)19(23(30)31)22(34-20)27-21(29)24(32)33/h1-5,7,11,17,25H,6,8-10,12H2,(H,26,28)(H,27,29)(H,30,31)(H,32,33). The summed E-state index contributed by atoms with van der Waals surface area (Å²) in [5.74, 6) is -4.36. The molecule has 0 bridgehead atoms. The predicted octanol–water partition coefficient (Wildman–Crippen LogP) is 2.56. The van der Waals surface area contributed by atoms with Gasteiger partial charge in [-0.05, 0) is 41.3 Å². The Hall–Kier alpha value is -3.76. The summed E-state index contributed by atoms with van der Waals surface area (Å²) in [5.41, 5.74) is 1.52. The maximum Gasteiger partial charge on any atom is 0.394 e. The predicted molar refractivity (Wildman–Crippen MR) is 127 cm³/mol. The van der Waals surface area contributed by atoms with Crippen LogP contribution in [0.3, 0.4) is 0 Å². The van der Waals surface area contributed by atoms with E-state index in [0.717, 1.165) is 27.7 Å². The number of carbonyl (C=O) groups excluding carboxylic acids is 2. The highest BCUT2D eigenvalue weighted by Gasteiger charge is 2.31. The summed E-state index contributed by atoms with van der Waals surface area (Å²) in [6, 6.07) is 13.8. The zero-order valence-corrected chi connectivity index (χ0v) is 18.9. The molecule has 10 heteroatoms. The molecule has 1 aliphatic heterocycles. The molecule has 1 atom stereocenters. The van der Waals surface area contributed by atoms with Crippen LogP contribution in [-0.2, 0) is 27.2 Å². The van der Waals surface area contributed by atoms with Crippen LogP contribution in [0.4, 0.5) is 5.00 Å². The number of hydrogen-bond acceptors (Lipinski definition) is 6. The van der Waals surface area contributed by atoms with Gasteiger partial charge < -0.3 is 26.2 Å². The fourth-order valence-corrected chi connectivity index (χ4v) is 5.38. The first-order valence-corrected chi connectivity index (χ1v) is 11.6. The van der Waals surface area contributed by atoms with Crippen LogP contribution in [-0.4, -0.2) is 47.1 Å². The Morgan fingerprint density at radius 2 is 1.82 bits per heavy atom. The van der Waals surface area contributed by atoms with E-state index in [1.165, 1.54) is 0 Å². The van der Waals surface area contributed by atoms with E-state index in [1.54, 1.807) is 0 Å². The van der Waals surface area contributed by atoms with E-state index in [1.807, 2.05) is 36.4 Å². The van der Waals surface area contributed by atoms with Gasteiger partial charge in [0, 0.05) is 17.8 Å². The monoisotopic (exact) mass is 481 g/mol. The van der Waals surface area contributed by atoms with Crippen LogP contribution in [0.15, 0.2) is 42.5 Å². The van der Waals surface area contributed by atoms with Crippen molar-refractivity contribution in [1.29, 1.82) is 0 Å². The maximum absolute atomic E-state index is 12.5. The molecular weight excluding hydrogens is 458 g/mol. The lowest BCUT2D eigenvalue weighted by atomic mass is 9.99. The van der Waals surface area contributed by atoms with E-state index in [2.05, 4.69) is 22.0 Å². The Labute approximate surface area is 198 Å². The first kappa shape index (κ1) is 23.4. The SMILES string of the molecule is O=C(CCc1ccc2ccccc2c1)NCC1NCCc2c1sc(NC(=O)C(=O)O)c2C(=O)O. The van der Waals surface area contributed by atoms with Gasteiger partial charge in [-0.25, -0.2) is 9.59 Å². The van der Waals surface area contributed by atoms with Gasteiger partial charge in [-0.3, -0.25) is 9.59 Å². The molecule has 4 rings (SSSR count). The van der Waals surface area contributed by atoms with E-state index in [9.17, 15) is 24.3 Å². The van der Waals surface area contributed by atoms with Gasteiger partial charge in [0.2, 0.25) is 5.91 Å². The highest BCUT2D eigenvalue weighted by Crippen LogP contribution is 2.39. The topological polar surface area (TPSA) is 145 Å². The summed E-state index contributed by atoms with van der Waals surface area (Å²) in [5, 5.41) is 29.0. The second-order valence-electron chi connectivity index (χ2n) is 7.96. The molecule has 0 saturated carbocycles. The Morgan fingerprint density at radius 3 is 2.56 bits per heavy atom. The summed E-state index contributed by atoms with van der Waals surface area (Å²) in [7, 11) is 0. The second-order valence-corrected chi connectivity index (χ2v) is 9.01. The molecule has 9 nitrogen and oxygen atoms in total. The van der Waals surface area contributed by atoms with Crippen LogP contribution < -0.4 is 16.0 Å². The van der Waals surface area contributed by atoms with Crippen molar-refractivity contribution < 1.29 is 29.4 Å². The van der Waals surface area contributed by atoms with E-state index >= 15 is 0 Å². The van der Waals surface area contributed by atoms with Crippen molar-refractivity contribution in [3.8, 4) is 0 Å². The number of carboxylic acid groups (broad SMARTS) is 2. The Bertz CT molecular complexity index is 1280. The first-order chi connectivity index (χ1) is 16.3. The van der Waals surface area contributed by atoms with Gasteiger partial charge in [-0.2, -0.15) is 0 Å². The lowest BCUT2D eigenvalue weighted by molar-refractivity contribution is -0.147. The van der Waals surface area contributed by atoms with Gasteiger partial charge in [0.25, 0.3) is 0 Å². The van der Waals surface area contributed by atoms with Gasteiger partial charge in [-0.1, -0.05) is 42.5 Å². The molecule has 3 aromatic rings. The molecule has 2 amide bonds. The third-order valence-electron chi connectivity index (χ3n) is 5.71. The fourth-order valence-electron chi connectivity index (χ4n) is 4.07. The molecule has 0 aliphatic carbocycles. The fraction of sp³-hybridized carbons (Fsp3) is 0.250. The number of aryl methyl sites for hydroxylation is 1. The third-order valence-corrected chi connectivity index (χ3v) is 6.97. The Morgan fingerprint density at radius 1 is 1.06 bits per heavy atom. The van der Waals surface area contributed by atoms with Gasteiger partial charge in [0.05, 0.1) is 11.6 Å². The number of hydrogen-bond donors (Lipinski definition) is 5. The van der Waals surface area contributed by atoms with Crippen LogP contribution in [0.2, 0.25) is 0 Å². The minimum Gasteiger partial charge on any atom is -0.478 e.